The second-order valence-corrected chi connectivity index (χ2v) is 6.67. The summed E-state index contributed by atoms with van der Waals surface area (Å²) in [6.45, 7) is 0. The Labute approximate surface area is 157 Å². The van der Waals surface area contributed by atoms with Crippen molar-refractivity contribution in [2.24, 2.45) is 28.0 Å². The number of aromatic nitrogens is 1. The maximum absolute atomic E-state index is 11.0. The van der Waals surface area contributed by atoms with Gasteiger partial charge in [0.15, 0.2) is 5.84 Å². The normalized spacial score (nSPS) is 15.1. The molecule has 4 rings (SSSR count). The predicted octanol–water partition coefficient (Wildman–Crippen LogP) is 2.64. The standard InChI is InChI=1S/C18H14N6O2S/c1-23-15(11-5-4-6-12(9-11)24(25)26)10-27-18(23)22-21-17-14-8-3-2-7-13(14)16(19)20-17/h2-10H,1H3,(H2,19,20,21)/b22-18-. The first-order chi connectivity index (χ1) is 13.0. The highest BCUT2D eigenvalue weighted by molar-refractivity contribution is 7.07. The highest BCUT2D eigenvalue weighted by Gasteiger charge is 2.18. The van der Waals surface area contributed by atoms with E-state index in [1.54, 1.807) is 6.07 Å². The maximum Gasteiger partial charge on any atom is 0.270 e. The molecule has 0 bridgehead atoms. The monoisotopic (exact) mass is 378 g/mol. The molecule has 0 fully saturated rings. The Morgan fingerprint density at radius 2 is 1.93 bits per heavy atom. The van der Waals surface area contributed by atoms with E-state index in [0.717, 1.165) is 22.4 Å². The largest absolute Gasteiger partial charge is 0.383 e. The number of nitrogens with two attached hydrogens (primary N) is 1. The quantitative estimate of drug-likeness (QED) is 0.558. The van der Waals surface area contributed by atoms with Crippen LogP contribution in [0, 0.1) is 10.1 Å². The molecule has 0 atom stereocenters. The zero-order valence-electron chi connectivity index (χ0n) is 14.2. The average molecular weight is 378 g/mol. The molecule has 27 heavy (non-hydrogen) atoms. The SMILES string of the molecule is Cn1c(-c2cccc([N+](=O)[O-])c2)cs/c1=N\N=C1/N=C(N)c2ccccc21. The molecule has 3 aromatic rings. The summed E-state index contributed by atoms with van der Waals surface area (Å²) in [4.78, 5) is 15.5. The Morgan fingerprint density at radius 1 is 1.15 bits per heavy atom. The van der Waals surface area contributed by atoms with Gasteiger partial charge in [0.1, 0.15) is 5.84 Å². The van der Waals surface area contributed by atoms with E-state index in [1.165, 1.54) is 23.5 Å². The molecule has 1 aliphatic rings. The number of hydrogen-bond acceptors (Lipinski definition) is 6. The number of rotatable bonds is 3. The van der Waals surface area contributed by atoms with Gasteiger partial charge in [0.25, 0.3) is 5.69 Å². The molecule has 134 valence electrons. The second-order valence-electron chi connectivity index (χ2n) is 5.84. The maximum atomic E-state index is 11.0. The van der Waals surface area contributed by atoms with Crippen molar-refractivity contribution < 1.29 is 4.92 Å². The lowest BCUT2D eigenvalue weighted by Crippen LogP contribution is -2.11. The molecule has 1 aromatic heterocycles. The summed E-state index contributed by atoms with van der Waals surface area (Å²) >= 11 is 1.39. The summed E-state index contributed by atoms with van der Waals surface area (Å²) in [5.74, 6) is 0.890. The molecule has 2 aromatic carbocycles. The van der Waals surface area contributed by atoms with Gasteiger partial charge in [-0.25, -0.2) is 4.99 Å². The second kappa shape index (κ2) is 6.61. The fourth-order valence-corrected chi connectivity index (χ4v) is 3.66. The number of benzene rings is 2. The highest BCUT2D eigenvalue weighted by Crippen LogP contribution is 2.24. The number of thiazole rings is 1. The van der Waals surface area contributed by atoms with Gasteiger partial charge in [0.2, 0.25) is 4.80 Å². The Bertz CT molecular complexity index is 1190. The van der Waals surface area contributed by atoms with Crippen LogP contribution in [0.3, 0.4) is 0 Å². The number of nitro benzene ring substituents is 1. The van der Waals surface area contributed by atoms with E-state index in [1.807, 2.05) is 47.3 Å². The van der Waals surface area contributed by atoms with E-state index in [0.29, 0.717) is 16.5 Å². The van der Waals surface area contributed by atoms with Crippen LogP contribution in [0.4, 0.5) is 5.69 Å². The van der Waals surface area contributed by atoms with Crippen molar-refractivity contribution in [2.75, 3.05) is 0 Å². The van der Waals surface area contributed by atoms with E-state index in [-0.39, 0.29) is 5.69 Å². The molecule has 1 aliphatic heterocycles. The third-order valence-corrected chi connectivity index (χ3v) is 5.08. The molecule has 8 nitrogen and oxygen atoms in total. The van der Waals surface area contributed by atoms with Crippen LogP contribution < -0.4 is 10.5 Å². The number of aliphatic imine (C=N–C) groups is 1. The molecule has 2 N–H and O–H groups in total. The lowest BCUT2D eigenvalue weighted by Gasteiger charge is -2.02. The highest BCUT2D eigenvalue weighted by atomic mass is 32.1. The molecule has 2 heterocycles. The van der Waals surface area contributed by atoms with Crippen molar-refractivity contribution in [2.45, 2.75) is 0 Å². The Kier molecular flexibility index (Phi) is 4.13. The molecule has 0 aliphatic carbocycles. The lowest BCUT2D eigenvalue weighted by atomic mass is 10.1. The van der Waals surface area contributed by atoms with Gasteiger partial charge in [0, 0.05) is 41.3 Å². The lowest BCUT2D eigenvalue weighted by molar-refractivity contribution is -0.384. The summed E-state index contributed by atoms with van der Waals surface area (Å²) < 4.78 is 1.84. The van der Waals surface area contributed by atoms with Gasteiger partial charge in [-0.2, -0.15) is 0 Å². The van der Waals surface area contributed by atoms with E-state index in [9.17, 15) is 10.1 Å². The van der Waals surface area contributed by atoms with Crippen LogP contribution in [-0.2, 0) is 7.05 Å². The van der Waals surface area contributed by atoms with Crippen molar-refractivity contribution in [3.63, 3.8) is 0 Å². The number of nitrogens with zero attached hydrogens (tertiary/aromatic N) is 5. The Morgan fingerprint density at radius 3 is 2.70 bits per heavy atom. The number of hydrogen-bond donors (Lipinski definition) is 1. The number of non-ortho nitro benzene ring substituents is 1. The van der Waals surface area contributed by atoms with E-state index < -0.39 is 4.92 Å². The van der Waals surface area contributed by atoms with Crippen LogP contribution in [0.15, 0.2) is 69.1 Å². The minimum Gasteiger partial charge on any atom is -0.383 e. The molecule has 0 radical (unpaired) electrons. The van der Waals surface area contributed by atoms with Crippen LogP contribution in [0.5, 0.6) is 0 Å². The predicted molar refractivity (Wildman–Crippen MR) is 105 cm³/mol. The van der Waals surface area contributed by atoms with Crippen molar-refractivity contribution in [3.8, 4) is 11.3 Å². The number of fused-ring (bicyclic) bond motifs is 1. The van der Waals surface area contributed by atoms with E-state index in [2.05, 4.69) is 15.2 Å². The summed E-state index contributed by atoms with van der Waals surface area (Å²) in [6, 6.07) is 14.1. The van der Waals surface area contributed by atoms with Crippen LogP contribution in [-0.4, -0.2) is 21.2 Å². The van der Waals surface area contributed by atoms with Gasteiger partial charge in [0.05, 0.1) is 10.6 Å². The number of amidine groups is 2. The van der Waals surface area contributed by atoms with Gasteiger partial charge < -0.3 is 10.3 Å². The summed E-state index contributed by atoms with van der Waals surface area (Å²) in [6.07, 6.45) is 0. The van der Waals surface area contributed by atoms with Crippen molar-refractivity contribution in [1.29, 1.82) is 0 Å². The first-order valence-electron chi connectivity index (χ1n) is 7.99. The zero-order chi connectivity index (χ0) is 19.0. The first kappa shape index (κ1) is 16.9. The minimum absolute atomic E-state index is 0.0461. The molecule has 0 amide bonds. The van der Waals surface area contributed by atoms with Gasteiger partial charge in [-0.1, -0.05) is 36.4 Å². The average Bonchev–Trinajstić information content (AvgIpc) is 3.20. The van der Waals surface area contributed by atoms with Crippen LogP contribution in [0.1, 0.15) is 11.1 Å². The fraction of sp³-hybridized carbons (Fsp3) is 0.0556. The summed E-state index contributed by atoms with van der Waals surface area (Å²) in [7, 11) is 1.84. The number of nitro groups is 1. The van der Waals surface area contributed by atoms with Gasteiger partial charge in [-0.3, -0.25) is 10.1 Å². The third-order valence-electron chi connectivity index (χ3n) is 4.18. The van der Waals surface area contributed by atoms with Gasteiger partial charge >= 0.3 is 0 Å². The Balaban J connectivity index is 1.73. The fourth-order valence-electron chi connectivity index (χ4n) is 2.80. The summed E-state index contributed by atoms with van der Waals surface area (Å²) in [5, 5.41) is 21.4. The molecule has 9 heteroatoms. The zero-order valence-corrected chi connectivity index (χ0v) is 15.1. The third kappa shape index (κ3) is 3.04. The Hall–Kier alpha value is -3.59. The molecule has 0 saturated carbocycles. The smallest absolute Gasteiger partial charge is 0.270 e. The van der Waals surface area contributed by atoms with E-state index >= 15 is 0 Å². The van der Waals surface area contributed by atoms with Crippen molar-refractivity contribution in [3.05, 3.63) is 80.0 Å². The first-order valence-corrected chi connectivity index (χ1v) is 8.87. The topological polar surface area (TPSA) is 111 Å². The molecule has 0 spiro atoms. The molecule has 0 unspecified atom stereocenters. The molecular formula is C18H14N6O2S. The van der Waals surface area contributed by atoms with Crippen molar-refractivity contribution >= 4 is 28.7 Å². The van der Waals surface area contributed by atoms with Gasteiger partial charge in [-0.15, -0.1) is 21.5 Å². The van der Waals surface area contributed by atoms with Crippen LogP contribution in [0.25, 0.3) is 11.3 Å². The van der Waals surface area contributed by atoms with Crippen LogP contribution >= 0.6 is 11.3 Å². The van der Waals surface area contributed by atoms with Gasteiger partial charge in [-0.05, 0) is 0 Å². The minimum atomic E-state index is -0.410. The van der Waals surface area contributed by atoms with Crippen LogP contribution in [0.2, 0.25) is 0 Å². The summed E-state index contributed by atoms with van der Waals surface area (Å²) in [5.41, 5.74) is 9.22. The van der Waals surface area contributed by atoms with Crippen molar-refractivity contribution in [1.82, 2.24) is 4.57 Å². The molecular weight excluding hydrogens is 364 g/mol. The molecule has 0 saturated heterocycles. The van der Waals surface area contributed by atoms with E-state index in [4.69, 9.17) is 5.73 Å².